The summed E-state index contributed by atoms with van der Waals surface area (Å²) in [5.74, 6) is -0.791. The molecule has 18 heavy (non-hydrogen) atoms. The van der Waals surface area contributed by atoms with Crippen molar-refractivity contribution in [3.05, 3.63) is 58.6 Å². The third-order valence-electron chi connectivity index (χ3n) is 2.38. The molecule has 2 N–H and O–H groups in total. The molecule has 2 rings (SSSR count). The van der Waals surface area contributed by atoms with Crippen LogP contribution in [0.3, 0.4) is 0 Å². The van der Waals surface area contributed by atoms with Crippen molar-refractivity contribution in [2.24, 2.45) is 0 Å². The Balaban J connectivity index is 2.09. The lowest BCUT2D eigenvalue weighted by atomic mass is 10.2. The molecule has 0 fully saturated rings. The van der Waals surface area contributed by atoms with Gasteiger partial charge < -0.3 is 10.5 Å². The Morgan fingerprint density at radius 2 is 1.89 bits per heavy atom. The first-order valence-corrected chi connectivity index (χ1v) is 5.56. The maximum Gasteiger partial charge on any atom is 0.132 e. The van der Waals surface area contributed by atoms with Crippen molar-refractivity contribution >= 4 is 17.3 Å². The summed E-state index contributed by atoms with van der Waals surface area (Å²) in [5.41, 5.74) is 6.26. The predicted octanol–water partition coefficient (Wildman–Crippen LogP) is 3.78. The number of hydrogen-bond donors (Lipinski definition) is 1. The van der Waals surface area contributed by atoms with Crippen LogP contribution in [-0.2, 0) is 6.61 Å². The fraction of sp³-hybridized carbons (Fsp3) is 0.0769. The molecule has 0 radical (unpaired) electrons. The number of nitrogens with two attached hydrogens (primary N) is 1. The van der Waals surface area contributed by atoms with E-state index in [-0.39, 0.29) is 12.2 Å². The molecule has 0 bridgehead atoms. The van der Waals surface area contributed by atoms with Crippen molar-refractivity contribution in [2.45, 2.75) is 6.61 Å². The zero-order chi connectivity index (χ0) is 13.1. The largest absolute Gasteiger partial charge is 0.489 e. The molecule has 0 aliphatic heterocycles. The Labute approximate surface area is 108 Å². The molecule has 0 atom stereocenters. The van der Waals surface area contributed by atoms with Gasteiger partial charge in [-0.25, -0.2) is 8.78 Å². The smallest absolute Gasteiger partial charge is 0.132 e. The lowest BCUT2D eigenvalue weighted by molar-refractivity contribution is 0.299. The number of halogens is 3. The molecule has 94 valence electrons. The van der Waals surface area contributed by atoms with E-state index in [1.54, 1.807) is 12.1 Å². The lowest BCUT2D eigenvalue weighted by Crippen LogP contribution is -1.99. The molecule has 2 nitrogen and oxygen atoms in total. The standard InChI is InChI=1S/C13H10ClF2NO/c14-11-6-10(3-4-13(11)17)18-7-8-1-2-9(15)5-12(8)16/h1-6H,7,17H2. The Bertz CT molecular complexity index is 575. The fourth-order valence-corrected chi connectivity index (χ4v) is 1.57. The third kappa shape index (κ3) is 2.90. The van der Waals surface area contributed by atoms with Gasteiger partial charge in [-0.05, 0) is 24.3 Å². The Morgan fingerprint density at radius 3 is 2.56 bits per heavy atom. The van der Waals surface area contributed by atoms with Crippen LogP contribution in [0.4, 0.5) is 14.5 Å². The van der Waals surface area contributed by atoms with Crippen molar-refractivity contribution < 1.29 is 13.5 Å². The number of nitrogen functional groups attached to an aromatic ring is 1. The van der Waals surface area contributed by atoms with Crippen molar-refractivity contribution in [1.29, 1.82) is 0 Å². The van der Waals surface area contributed by atoms with Crippen molar-refractivity contribution in [1.82, 2.24) is 0 Å². The van der Waals surface area contributed by atoms with E-state index < -0.39 is 11.6 Å². The van der Waals surface area contributed by atoms with Crippen LogP contribution in [-0.4, -0.2) is 0 Å². The average molecular weight is 270 g/mol. The van der Waals surface area contributed by atoms with Gasteiger partial charge in [0, 0.05) is 17.7 Å². The van der Waals surface area contributed by atoms with E-state index in [2.05, 4.69) is 0 Å². The van der Waals surface area contributed by atoms with Crippen molar-refractivity contribution in [2.75, 3.05) is 5.73 Å². The molecule has 0 unspecified atom stereocenters. The number of rotatable bonds is 3. The van der Waals surface area contributed by atoms with E-state index in [0.717, 1.165) is 6.07 Å². The molecule has 0 amide bonds. The van der Waals surface area contributed by atoms with Crippen LogP contribution in [0.5, 0.6) is 5.75 Å². The SMILES string of the molecule is Nc1ccc(OCc2ccc(F)cc2F)cc1Cl. The minimum absolute atomic E-state index is 0.00758. The molecule has 0 aliphatic carbocycles. The van der Waals surface area contributed by atoms with E-state index in [9.17, 15) is 8.78 Å². The summed E-state index contributed by atoms with van der Waals surface area (Å²) in [4.78, 5) is 0. The molecule has 2 aromatic rings. The number of anilines is 1. The van der Waals surface area contributed by atoms with Crippen molar-refractivity contribution in [3.63, 3.8) is 0 Å². The van der Waals surface area contributed by atoms with Gasteiger partial charge in [0.1, 0.15) is 24.0 Å². The highest BCUT2D eigenvalue weighted by molar-refractivity contribution is 6.33. The zero-order valence-corrected chi connectivity index (χ0v) is 10.0. The molecular formula is C13H10ClF2NO. The van der Waals surface area contributed by atoms with Crippen LogP contribution in [0, 0.1) is 11.6 Å². The van der Waals surface area contributed by atoms with Crippen LogP contribution in [0.15, 0.2) is 36.4 Å². The number of benzene rings is 2. The summed E-state index contributed by atoms with van der Waals surface area (Å²) < 4.78 is 31.4. The highest BCUT2D eigenvalue weighted by Crippen LogP contribution is 2.25. The maximum absolute atomic E-state index is 13.3. The molecule has 5 heteroatoms. The van der Waals surface area contributed by atoms with Gasteiger partial charge in [0.15, 0.2) is 0 Å². The van der Waals surface area contributed by atoms with E-state index in [1.165, 1.54) is 18.2 Å². The van der Waals surface area contributed by atoms with Gasteiger partial charge in [-0.15, -0.1) is 0 Å². The molecule has 0 aromatic heterocycles. The molecule has 2 aromatic carbocycles. The average Bonchev–Trinajstić information content (AvgIpc) is 2.32. The van der Waals surface area contributed by atoms with Gasteiger partial charge in [-0.3, -0.25) is 0 Å². The van der Waals surface area contributed by atoms with Crippen molar-refractivity contribution in [3.8, 4) is 5.75 Å². The normalized spacial score (nSPS) is 10.4. The minimum atomic E-state index is -0.642. The summed E-state index contributed by atoms with van der Waals surface area (Å²) >= 11 is 5.82. The monoisotopic (exact) mass is 269 g/mol. The Hall–Kier alpha value is -1.81. The third-order valence-corrected chi connectivity index (χ3v) is 2.71. The predicted molar refractivity (Wildman–Crippen MR) is 66.6 cm³/mol. The summed E-state index contributed by atoms with van der Waals surface area (Å²) in [5, 5.41) is 0.368. The number of ether oxygens (including phenoxy) is 1. The molecule has 0 saturated carbocycles. The maximum atomic E-state index is 13.3. The first-order valence-electron chi connectivity index (χ1n) is 5.18. The highest BCUT2D eigenvalue weighted by Gasteiger charge is 2.05. The first-order chi connectivity index (χ1) is 8.56. The van der Waals surface area contributed by atoms with E-state index in [1.807, 2.05) is 0 Å². The molecule has 0 aliphatic rings. The molecule has 0 saturated heterocycles. The Kier molecular flexibility index (Phi) is 3.67. The van der Waals surface area contributed by atoms with E-state index in [0.29, 0.717) is 16.5 Å². The van der Waals surface area contributed by atoms with E-state index >= 15 is 0 Å². The summed E-state index contributed by atoms with van der Waals surface area (Å²) in [7, 11) is 0. The quantitative estimate of drug-likeness (QED) is 0.861. The van der Waals surface area contributed by atoms with E-state index in [4.69, 9.17) is 22.1 Å². The van der Waals surface area contributed by atoms with Gasteiger partial charge in [0.25, 0.3) is 0 Å². The Morgan fingerprint density at radius 1 is 1.11 bits per heavy atom. The summed E-state index contributed by atoms with van der Waals surface area (Å²) in [6.45, 7) is -0.00758. The van der Waals surface area contributed by atoms with Gasteiger partial charge >= 0.3 is 0 Å². The second kappa shape index (κ2) is 5.23. The van der Waals surface area contributed by atoms with Gasteiger partial charge in [-0.2, -0.15) is 0 Å². The number of hydrogen-bond acceptors (Lipinski definition) is 2. The molecule has 0 heterocycles. The van der Waals surface area contributed by atoms with Crippen LogP contribution < -0.4 is 10.5 Å². The minimum Gasteiger partial charge on any atom is -0.489 e. The van der Waals surface area contributed by atoms with Crippen LogP contribution in [0.2, 0.25) is 5.02 Å². The van der Waals surface area contributed by atoms with Gasteiger partial charge in [0.2, 0.25) is 0 Å². The molecule has 0 spiro atoms. The molecular weight excluding hydrogens is 260 g/mol. The first kappa shape index (κ1) is 12.6. The second-order valence-electron chi connectivity index (χ2n) is 3.71. The fourth-order valence-electron chi connectivity index (χ4n) is 1.40. The highest BCUT2D eigenvalue weighted by atomic mass is 35.5. The van der Waals surface area contributed by atoms with Gasteiger partial charge in [0.05, 0.1) is 10.7 Å². The lowest BCUT2D eigenvalue weighted by Gasteiger charge is -2.08. The van der Waals surface area contributed by atoms with Crippen LogP contribution in [0.1, 0.15) is 5.56 Å². The topological polar surface area (TPSA) is 35.2 Å². The van der Waals surface area contributed by atoms with Crippen LogP contribution in [0.25, 0.3) is 0 Å². The zero-order valence-electron chi connectivity index (χ0n) is 9.29. The summed E-state index contributed by atoms with van der Waals surface area (Å²) in [6, 6.07) is 8.09. The second-order valence-corrected chi connectivity index (χ2v) is 4.11. The van der Waals surface area contributed by atoms with Crippen LogP contribution >= 0.6 is 11.6 Å². The van der Waals surface area contributed by atoms with Gasteiger partial charge in [-0.1, -0.05) is 11.6 Å². The summed E-state index contributed by atoms with van der Waals surface area (Å²) in [6.07, 6.45) is 0.